The molecule has 14 heavy (non-hydrogen) atoms. The van der Waals surface area contributed by atoms with Gasteiger partial charge < -0.3 is 4.74 Å². The largest absolute Gasteiger partial charge is 0.377 e. The monoisotopic (exact) mass is 199 g/mol. The van der Waals surface area contributed by atoms with Crippen LogP contribution in [0.2, 0.25) is 0 Å². The average Bonchev–Trinajstić information content (AvgIpc) is 1.76. The van der Waals surface area contributed by atoms with Crippen molar-refractivity contribution in [2.75, 3.05) is 13.2 Å². The third-order valence-electron chi connectivity index (χ3n) is 2.80. The molecule has 1 aliphatic rings. The zero-order valence-electron chi connectivity index (χ0n) is 10.6. The molecule has 2 nitrogen and oxygen atoms in total. The second-order valence-electron chi connectivity index (χ2n) is 6.23. The Morgan fingerprint density at radius 3 is 1.71 bits per heavy atom. The second-order valence-corrected chi connectivity index (χ2v) is 6.23. The maximum Gasteiger partial charge on any atom is 0.0724 e. The number of hydrogen-bond acceptors (Lipinski definition) is 2. The molecular weight excluding hydrogens is 174 g/mol. The van der Waals surface area contributed by atoms with Crippen LogP contribution in [0, 0.1) is 0 Å². The molecule has 1 rings (SSSR count). The normalized spacial score (nSPS) is 23.8. The highest BCUT2D eigenvalue weighted by Gasteiger charge is 2.34. The molecule has 0 N–H and O–H groups in total. The molecule has 0 radical (unpaired) electrons. The van der Waals surface area contributed by atoms with Crippen molar-refractivity contribution in [3.05, 3.63) is 0 Å². The predicted molar refractivity (Wildman–Crippen MR) is 60.6 cm³/mol. The molecule has 0 aromatic heterocycles. The second kappa shape index (κ2) is 3.82. The van der Waals surface area contributed by atoms with E-state index in [1.807, 2.05) is 0 Å². The quantitative estimate of drug-likeness (QED) is 0.678. The van der Waals surface area contributed by atoms with Gasteiger partial charge in [0.25, 0.3) is 0 Å². The van der Waals surface area contributed by atoms with Gasteiger partial charge in [0.2, 0.25) is 0 Å². The summed E-state index contributed by atoms with van der Waals surface area (Å²) in [6.07, 6.45) is 1.69. The molecule has 84 valence electrons. The van der Waals surface area contributed by atoms with E-state index in [1.54, 1.807) is 0 Å². The fourth-order valence-corrected chi connectivity index (χ4v) is 2.19. The van der Waals surface area contributed by atoms with E-state index in [4.69, 9.17) is 4.74 Å². The summed E-state index contributed by atoms with van der Waals surface area (Å²) in [6, 6.07) is 0. The van der Waals surface area contributed by atoms with Crippen molar-refractivity contribution in [2.45, 2.75) is 65.1 Å². The van der Waals surface area contributed by atoms with Crippen molar-refractivity contribution < 1.29 is 4.74 Å². The van der Waals surface area contributed by atoms with Crippen LogP contribution in [0.3, 0.4) is 0 Å². The van der Waals surface area contributed by atoms with E-state index < -0.39 is 0 Å². The SMILES string of the molecule is CC(C)(C)N(C[C@@H]1CCO1)C(C)(C)C. The molecule has 1 fully saturated rings. The molecule has 1 atom stereocenters. The molecule has 0 bridgehead atoms. The fraction of sp³-hybridized carbons (Fsp3) is 1.00. The Morgan fingerprint density at radius 1 is 1.07 bits per heavy atom. The van der Waals surface area contributed by atoms with Crippen LogP contribution in [-0.4, -0.2) is 35.2 Å². The minimum atomic E-state index is 0.219. The number of nitrogens with zero attached hydrogens (tertiary/aromatic N) is 1. The minimum Gasteiger partial charge on any atom is -0.377 e. The molecule has 1 saturated heterocycles. The number of hydrogen-bond donors (Lipinski definition) is 0. The molecule has 0 aliphatic carbocycles. The first-order valence-corrected chi connectivity index (χ1v) is 5.60. The molecule has 2 heteroatoms. The van der Waals surface area contributed by atoms with Gasteiger partial charge in [0.15, 0.2) is 0 Å². The summed E-state index contributed by atoms with van der Waals surface area (Å²) in [5.74, 6) is 0. The van der Waals surface area contributed by atoms with Crippen molar-refractivity contribution in [3.8, 4) is 0 Å². The van der Waals surface area contributed by atoms with Crippen LogP contribution in [-0.2, 0) is 4.74 Å². The van der Waals surface area contributed by atoms with Crippen LogP contribution < -0.4 is 0 Å². The van der Waals surface area contributed by atoms with Crippen molar-refractivity contribution in [2.24, 2.45) is 0 Å². The fourth-order valence-electron chi connectivity index (χ4n) is 2.19. The van der Waals surface area contributed by atoms with Crippen molar-refractivity contribution in [3.63, 3.8) is 0 Å². The number of ether oxygens (including phenoxy) is 1. The van der Waals surface area contributed by atoms with Crippen LogP contribution >= 0.6 is 0 Å². The van der Waals surface area contributed by atoms with E-state index in [-0.39, 0.29) is 11.1 Å². The Morgan fingerprint density at radius 2 is 1.50 bits per heavy atom. The van der Waals surface area contributed by atoms with Crippen LogP contribution in [0.1, 0.15) is 48.0 Å². The summed E-state index contributed by atoms with van der Waals surface area (Å²) in [4.78, 5) is 2.53. The lowest BCUT2D eigenvalue weighted by molar-refractivity contribution is -0.0965. The van der Waals surface area contributed by atoms with Crippen LogP contribution in [0.4, 0.5) is 0 Å². The highest BCUT2D eigenvalue weighted by molar-refractivity contribution is 4.89. The van der Waals surface area contributed by atoms with Crippen molar-refractivity contribution in [1.29, 1.82) is 0 Å². The molecule has 0 amide bonds. The zero-order chi connectivity index (χ0) is 11.0. The van der Waals surface area contributed by atoms with Gasteiger partial charge in [-0.15, -0.1) is 0 Å². The Labute approximate surface area is 88.6 Å². The molecule has 1 aliphatic heterocycles. The molecule has 0 unspecified atom stereocenters. The van der Waals surface area contributed by atoms with Gasteiger partial charge in [-0.1, -0.05) is 0 Å². The Kier molecular flexibility index (Phi) is 3.27. The third kappa shape index (κ3) is 2.96. The van der Waals surface area contributed by atoms with E-state index in [1.165, 1.54) is 6.42 Å². The van der Waals surface area contributed by atoms with Crippen LogP contribution in [0.25, 0.3) is 0 Å². The zero-order valence-corrected chi connectivity index (χ0v) is 10.6. The van der Waals surface area contributed by atoms with Gasteiger partial charge in [-0.25, -0.2) is 0 Å². The maximum absolute atomic E-state index is 5.51. The predicted octanol–water partition coefficient (Wildman–Crippen LogP) is 2.67. The minimum absolute atomic E-state index is 0.219. The van der Waals surface area contributed by atoms with E-state index in [2.05, 4.69) is 46.4 Å². The lowest BCUT2D eigenvalue weighted by atomic mass is 9.94. The summed E-state index contributed by atoms with van der Waals surface area (Å²) in [7, 11) is 0. The first kappa shape index (κ1) is 12.0. The topological polar surface area (TPSA) is 12.5 Å². The standard InChI is InChI=1S/C12H25NO/c1-11(2,3)13(12(4,5)6)9-10-7-8-14-10/h10H,7-9H2,1-6H3/t10-/m0/s1. The Balaban J connectivity index is 2.61. The summed E-state index contributed by atoms with van der Waals surface area (Å²) in [6.45, 7) is 15.7. The molecule has 0 spiro atoms. The molecule has 1 heterocycles. The van der Waals surface area contributed by atoms with Crippen LogP contribution in [0.5, 0.6) is 0 Å². The highest BCUT2D eigenvalue weighted by atomic mass is 16.5. The number of rotatable bonds is 2. The molecule has 0 aromatic carbocycles. The highest BCUT2D eigenvalue weighted by Crippen LogP contribution is 2.27. The maximum atomic E-state index is 5.51. The van der Waals surface area contributed by atoms with E-state index in [0.717, 1.165) is 13.2 Å². The Bertz CT molecular complexity index is 169. The van der Waals surface area contributed by atoms with Gasteiger partial charge in [-0.05, 0) is 48.0 Å². The first-order valence-electron chi connectivity index (χ1n) is 5.60. The summed E-state index contributed by atoms with van der Waals surface area (Å²) in [5.41, 5.74) is 0.439. The summed E-state index contributed by atoms with van der Waals surface area (Å²) < 4.78 is 5.51. The van der Waals surface area contributed by atoms with Gasteiger partial charge in [0.05, 0.1) is 6.10 Å². The van der Waals surface area contributed by atoms with Gasteiger partial charge >= 0.3 is 0 Å². The van der Waals surface area contributed by atoms with Gasteiger partial charge in [0.1, 0.15) is 0 Å². The van der Waals surface area contributed by atoms with E-state index >= 15 is 0 Å². The Hall–Kier alpha value is -0.0800. The average molecular weight is 199 g/mol. The lowest BCUT2D eigenvalue weighted by Crippen LogP contribution is -2.56. The molecule has 0 saturated carbocycles. The smallest absolute Gasteiger partial charge is 0.0724 e. The van der Waals surface area contributed by atoms with Gasteiger partial charge in [0, 0.05) is 24.2 Å². The van der Waals surface area contributed by atoms with Crippen molar-refractivity contribution in [1.82, 2.24) is 4.90 Å². The third-order valence-corrected chi connectivity index (χ3v) is 2.80. The van der Waals surface area contributed by atoms with E-state index in [0.29, 0.717) is 6.10 Å². The lowest BCUT2D eigenvalue weighted by Gasteiger charge is -2.48. The van der Waals surface area contributed by atoms with Crippen molar-refractivity contribution >= 4 is 0 Å². The summed E-state index contributed by atoms with van der Waals surface area (Å²) in [5, 5.41) is 0. The molecular formula is C12H25NO. The van der Waals surface area contributed by atoms with E-state index in [9.17, 15) is 0 Å². The molecule has 0 aromatic rings. The van der Waals surface area contributed by atoms with Crippen LogP contribution in [0.15, 0.2) is 0 Å². The first-order chi connectivity index (χ1) is 6.21. The van der Waals surface area contributed by atoms with Gasteiger partial charge in [-0.2, -0.15) is 0 Å². The van der Waals surface area contributed by atoms with Gasteiger partial charge in [-0.3, -0.25) is 4.90 Å². The summed E-state index contributed by atoms with van der Waals surface area (Å²) >= 11 is 0.